The maximum absolute atomic E-state index is 11.3. The summed E-state index contributed by atoms with van der Waals surface area (Å²) in [6.45, 7) is 0.222. The van der Waals surface area contributed by atoms with Crippen LogP contribution in [-0.2, 0) is 16.6 Å². The number of carbonyl (C=O) groups is 1. The van der Waals surface area contributed by atoms with Crippen molar-refractivity contribution in [1.82, 2.24) is 0 Å². The summed E-state index contributed by atoms with van der Waals surface area (Å²) in [6, 6.07) is 15.5. The molecule has 1 aromatic heterocycles. The predicted octanol–water partition coefficient (Wildman–Crippen LogP) is 3.60. The number of aromatic carboxylic acids is 1. The van der Waals surface area contributed by atoms with Crippen LogP contribution < -0.4 is 9.46 Å². The van der Waals surface area contributed by atoms with Gasteiger partial charge in [-0.2, -0.15) is 0 Å². The van der Waals surface area contributed by atoms with Crippen LogP contribution in [0.25, 0.3) is 11.1 Å². The number of hydrogen-bond acceptors (Lipinski definition) is 5. The highest BCUT2D eigenvalue weighted by Gasteiger charge is 2.15. The molecule has 0 radical (unpaired) electrons. The molecule has 140 valence electrons. The molecule has 0 amide bonds. The minimum Gasteiger partial charge on any atom is -0.489 e. The Kier molecular flexibility index (Phi) is 5.18. The Morgan fingerprint density at radius 3 is 2.67 bits per heavy atom. The molecule has 0 aliphatic heterocycles. The Balaban J connectivity index is 1.75. The molecule has 7 nitrogen and oxygen atoms in total. The van der Waals surface area contributed by atoms with Crippen molar-refractivity contribution in [3.05, 3.63) is 72.2 Å². The molecule has 2 N–H and O–H groups in total. The maximum Gasteiger partial charge on any atom is 0.372 e. The van der Waals surface area contributed by atoms with Crippen molar-refractivity contribution in [2.45, 2.75) is 6.61 Å². The summed E-state index contributed by atoms with van der Waals surface area (Å²) < 4.78 is 35.8. The zero-order chi connectivity index (χ0) is 19.4. The van der Waals surface area contributed by atoms with Gasteiger partial charge in [-0.15, -0.1) is 0 Å². The molecule has 0 aliphatic rings. The zero-order valence-electron chi connectivity index (χ0n) is 14.4. The standard InChI is InChI=1S/C19H17NO6S/c1-27(23,24)20-15-6-2-4-13(10-15)12-26-16-7-3-5-14(11-16)17-8-9-25-18(17)19(21)22/h2-11,20H,12H2,1H3,(H,21,22). The number of carboxylic acids is 1. The van der Waals surface area contributed by atoms with Crippen molar-refractivity contribution >= 4 is 21.7 Å². The number of furan rings is 1. The molecule has 3 rings (SSSR count). The molecule has 3 aromatic rings. The lowest BCUT2D eigenvalue weighted by Gasteiger charge is -2.10. The number of sulfonamides is 1. The van der Waals surface area contributed by atoms with E-state index >= 15 is 0 Å². The lowest BCUT2D eigenvalue weighted by atomic mass is 10.1. The second-order valence-electron chi connectivity index (χ2n) is 5.86. The van der Waals surface area contributed by atoms with E-state index in [1.54, 1.807) is 48.5 Å². The van der Waals surface area contributed by atoms with Gasteiger partial charge in [0.05, 0.1) is 12.5 Å². The lowest BCUT2D eigenvalue weighted by molar-refractivity contribution is 0.0663. The average Bonchev–Trinajstić information content (AvgIpc) is 3.09. The molecule has 1 heterocycles. The Bertz CT molecular complexity index is 1070. The van der Waals surface area contributed by atoms with Crippen molar-refractivity contribution in [2.24, 2.45) is 0 Å². The highest BCUT2D eigenvalue weighted by atomic mass is 32.2. The summed E-state index contributed by atoms with van der Waals surface area (Å²) >= 11 is 0. The van der Waals surface area contributed by atoms with Gasteiger partial charge in [0.2, 0.25) is 15.8 Å². The average molecular weight is 387 g/mol. The van der Waals surface area contributed by atoms with Crippen LogP contribution in [0, 0.1) is 0 Å². The summed E-state index contributed by atoms with van der Waals surface area (Å²) in [5.74, 6) is -0.727. The van der Waals surface area contributed by atoms with Crippen molar-refractivity contribution in [3.8, 4) is 16.9 Å². The molecule has 0 spiro atoms. The summed E-state index contributed by atoms with van der Waals surface area (Å²) in [5.41, 5.74) is 2.36. The van der Waals surface area contributed by atoms with E-state index in [-0.39, 0.29) is 12.4 Å². The quantitative estimate of drug-likeness (QED) is 0.642. The summed E-state index contributed by atoms with van der Waals surface area (Å²) in [4.78, 5) is 11.2. The Hall–Kier alpha value is -3.26. The van der Waals surface area contributed by atoms with Gasteiger partial charge in [-0.05, 0) is 41.5 Å². The first-order chi connectivity index (χ1) is 12.8. The zero-order valence-corrected chi connectivity index (χ0v) is 15.2. The van der Waals surface area contributed by atoms with Crippen LogP contribution in [0.5, 0.6) is 5.75 Å². The molecule has 2 aromatic carbocycles. The highest BCUT2D eigenvalue weighted by Crippen LogP contribution is 2.28. The number of benzene rings is 2. The van der Waals surface area contributed by atoms with E-state index in [0.717, 1.165) is 11.8 Å². The van der Waals surface area contributed by atoms with Crippen LogP contribution in [0.2, 0.25) is 0 Å². The van der Waals surface area contributed by atoms with Crippen LogP contribution >= 0.6 is 0 Å². The molecule has 0 saturated carbocycles. The Morgan fingerprint density at radius 1 is 1.15 bits per heavy atom. The fraction of sp³-hybridized carbons (Fsp3) is 0.105. The van der Waals surface area contributed by atoms with Crippen LogP contribution in [0.3, 0.4) is 0 Å². The molecular formula is C19H17NO6S. The van der Waals surface area contributed by atoms with Gasteiger partial charge in [0, 0.05) is 11.3 Å². The summed E-state index contributed by atoms with van der Waals surface area (Å²) in [5, 5.41) is 9.17. The fourth-order valence-corrected chi connectivity index (χ4v) is 3.12. The number of rotatable bonds is 7. The second-order valence-corrected chi connectivity index (χ2v) is 7.61. The van der Waals surface area contributed by atoms with Gasteiger partial charge in [0.15, 0.2) is 0 Å². The van der Waals surface area contributed by atoms with Gasteiger partial charge in [0.1, 0.15) is 12.4 Å². The maximum atomic E-state index is 11.3. The van der Waals surface area contributed by atoms with Gasteiger partial charge in [-0.25, -0.2) is 13.2 Å². The molecule has 27 heavy (non-hydrogen) atoms. The second kappa shape index (κ2) is 7.55. The monoisotopic (exact) mass is 387 g/mol. The third kappa shape index (κ3) is 4.89. The van der Waals surface area contributed by atoms with Gasteiger partial charge >= 0.3 is 5.97 Å². The molecule has 0 fully saturated rings. The molecule has 0 atom stereocenters. The minimum absolute atomic E-state index is 0.133. The first-order valence-electron chi connectivity index (χ1n) is 7.92. The molecule has 0 aliphatic carbocycles. The molecule has 0 saturated heterocycles. The lowest BCUT2D eigenvalue weighted by Crippen LogP contribution is -2.09. The SMILES string of the molecule is CS(=O)(=O)Nc1cccc(COc2cccc(-c3ccoc3C(=O)O)c2)c1. The normalized spacial score (nSPS) is 11.1. The van der Waals surface area contributed by atoms with E-state index in [0.29, 0.717) is 22.6 Å². The molecular weight excluding hydrogens is 370 g/mol. The first kappa shape index (κ1) is 18.5. The van der Waals surface area contributed by atoms with Crippen molar-refractivity contribution in [1.29, 1.82) is 0 Å². The van der Waals surface area contributed by atoms with Crippen molar-refractivity contribution < 1.29 is 27.5 Å². The minimum atomic E-state index is -3.35. The van der Waals surface area contributed by atoms with E-state index in [4.69, 9.17) is 9.15 Å². The van der Waals surface area contributed by atoms with E-state index < -0.39 is 16.0 Å². The third-order valence-electron chi connectivity index (χ3n) is 3.64. The van der Waals surface area contributed by atoms with Crippen molar-refractivity contribution in [3.63, 3.8) is 0 Å². The predicted molar refractivity (Wildman–Crippen MR) is 100 cm³/mol. The smallest absolute Gasteiger partial charge is 0.372 e. The van der Waals surface area contributed by atoms with E-state index in [9.17, 15) is 18.3 Å². The largest absolute Gasteiger partial charge is 0.489 e. The van der Waals surface area contributed by atoms with Crippen LogP contribution in [0.4, 0.5) is 5.69 Å². The van der Waals surface area contributed by atoms with Gasteiger partial charge in [-0.1, -0.05) is 24.3 Å². The highest BCUT2D eigenvalue weighted by molar-refractivity contribution is 7.92. The van der Waals surface area contributed by atoms with Gasteiger partial charge in [0.25, 0.3) is 0 Å². The number of anilines is 1. The fourth-order valence-electron chi connectivity index (χ4n) is 2.56. The third-order valence-corrected chi connectivity index (χ3v) is 4.25. The molecule has 0 bridgehead atoms. The van der Waals surface area contributed by atoms with Gasteiger partial charge < -0.3 is 14.3 Å². The number of hydrogen-bond donors (Lipinski definition) is 2. The Morgan fingerprint density at radius 2 is 1.93 bits per heavy atom. The number of nitrogens with one attached hydrogen (secondary N) is 1. The van der Waals surface area contributed by atoms with Crippen LogP contribution in [0.1, 0.15) is 16.1 Å². The Labute approximate surface area is 156 Å². The van der Waals surface area contributed by atoms with Crippen LogP contribution in [-0.4, -0.2) is 25.7 Å². The summed E-state index contributed by atoms with van der Waals surface area (Å²) in [6.07, 6.45) is 2.41. The first-order valence-corrected chi connectivity index (χ1v) is 9.82. The van der Waals surface area contributed by atoms with E-state index in [2.05, 4.69) is 4.72 Å². The van der Waals surface area contributed by atoms with Crippen molar-refractivity contribution in [2.75, 3.05) is 11.0 Å². The van der Waals surface area contributed by atoms with E-state index in [1.807, 2.05) is 6.07 Å². The van der Waals surface area contributed by atoms with E-state index in [1.165, 1.54) is 6.26 Å². The summed E-state index contributed by atoms with van der Waals surface area (Å²) in [7, 11) is -3.35. The topological polar surface area (TPSA) is 106 Å². The van der Waals surface area contributed by atoms with Gasteiger partial charge in [-0.3, -0.25) is 4.72 Å². The molecule has 0 unspecified atom stereocenters. The number of ether oxygens (including phenoxy) is 1. The molecule has 8 heteroatoms. The van der Waals surface area contributed by atoms with Crippen LogP contribution in [0.15, 0.2) is 65.3 Å². The number of carboxylic acid groups (broad SMARTS) is 1.